The van der Waals surface area contributed by atoms with Gasteiger partial charge in [-0.25, -0.2) is 0 Å². The molecule has 0 radical (unpaired) electrons. The lowest BCUT2D eigenvalue weighted by Crippen LogP contribution is -2.13. The highest BCUT2D eigenvalue weighted by atomic mass is 127. The molecule has 0 heterocycles. The van der Waals surface area contributed by atoms with Crippen LogP contribution in [0.2, 0.25) is 0 Å². The van der Waals surface area contributed by atoms with Crippen molar-refractivity contribution < 1.29 is 4.79 Å². The van der Waals surface area contributed by atoms with E-state index in [0.717, 1.165) is 24.6 Å². The smallest absolute Gasteiger partial charge is 0.256 e. The van der Waals surface area contributed by atoms with E-state index >= 15 is 0 Å². The van der Waals surface area contributed by atoms with Crippen molar-refractivity contribution in [1.29, 1.82) is 0 Å². The molecule has 1 N–H and O–H groups in total. The van der Waals surface area contributed by atoms with E-state index in [0.29, 0.717) is 5.56 Å². The summed E-state index contributed by atoms with van der Waals surface area (Å²) in [6.07, 6.45) is 0. The van der Waals surface area contributed by atoms with E-state index in [1.54, 1.807) is 0 Å². The topological polar surface area (TPSA) is 29.1 Å². The van der Waals surface area contributed by atoms with Crippen LogP contribution in [-0.2, 0) is 5.33 Å². The number of carbonyl (C=O) groups excluding carboxylic acids is 1. The van der Waals surface area contributed by atoms with Crippen molar-refractivity contribution in [2.45, 2.75) is 5.33 Å². The van der Waals surface area contributed by atoms with Crippen molar-refractivity contribution in [2.24, 2.45) is 0 Å². The van der Waals surface area contributed by atoms with Gasteiger partial charge < -0.3 is 5.32 Å². The number of alkyl halides is 1. The minimum Gasteiger partial charge on any atom is -0.322 e. The van der Waals surface area contributed by atoms with Crippen molar-refractivity contribution in [3.63, 3.8) is 0 Å². The Morgan fingerprint density at radius 1 is 1.21 bits per heavy atom. The number of nitrogens with one attached hydrogen (secondary N) is 1. The molecule has 0 fully saturated rings. The second kappa shape index (κ2) is 6.85. The molecular weight excluding hydrogens is 485 g/mol. The quantitative estimate of drug-likeness (QED) is 0.461. The standard InChI is InChI=1S/C14H10Br2INO/c15-8-9-2-1-3-11(6-9)18-14(19)12-7-10(16)4-5-13(12)17/h1-7H,8H2,(H,18,19). The normalized spacial score (nSPS) is 10.3. The second-order valence-electron chi connectivity index (χ2n) is 3.91. The van der Waals surface area contributed by atoms with E-state index in [1.807, 2.05) is 42.5 Å². The van der Waals surface area contributed by atoms with Gasteiger partial charge in [0.05, 0.1) is 5.56 Å². The Balaban J connectivity index is 2.23. The molecule has 1 amide bonds. The van der Waals surface area contributed by atoms with Crippen LogP contribution >= 0.6 is 54.5 Å². The minimum atomic E-state index is -0.0996. The van der Waals surface area contributed by atoms with Gasteiger partial charge in [0.2, 0.25) is 0 Å². The zero-order valence-corrected chi connectivity index (χ0v) is 15.1. The summed E-state index contributed by atoms with van der Waals surface area (Å²) in [5, 5.41) is 3.68. The summed E-state index contributed by atoms with van der Waals surface area (Å²) < 4.78 is 1.82. The Morgan fingerprint density at radius 2 is 2.00 bits per heavy atom. The first kappa shape index (κ1) is 15.0. The Labute approximate surface area is 142 Å². The van der Waals surface area contributed by atoms with Gasteiger partial charge in [-0.1, -0.05) is 44.0 Å². The van der Waals surface area contributed by atoms with E-state index in [1.165, 1.54) is 0 Å². The molecule has 0 unspecified atom stereocenters. The molecule has 2 aromatic rings. The number of halogens is 3. The predicted octanol–water partition coefficient (Wildman–Crippen LogP) is 5.20. The molecule has 0 saturated heterocycles. The average molecular weight is 495 g/mol. The van der Waals surface area contributed by atoms with Gasteiger partial charge in [0.1, 0.15) is 0 Å². The first-order valence-electron chi connectivity index (χ1n) is 5.51. The maximum Gasteiger partial charge on any atom is 0.256 e. The van der Waals surface area contributed by atoms with E-state index in [4.69, 9.17) is 0 Å². The van der Waals surface area contributed by atoms with Crippen molar-refractivity contribution >= 4 is 66.0 Å². The fourth-order valence-corrected chi connectivity index (χ4v) is 2.89. The van der Waals surface area contributed by atoms with Crippen LogP contribution in [0.5, 0.6) is 0 Å². The molecule has 0 saturated carbocycles. The molecule has 2 nitrogen and oxygen atoms in total. The summed E-state index contributed by atoms with van der Waals surface area (Å²) in [6.45, 7) is 0. The molecule has 0 aliphatic heterocycles. The van der Waals surface area contributed by atoms with Crippen LogP contribution in [0.15, 0.2) is 46.9 Å². The van der Waals surface area contributed by atoms with Crippen molar-refractivity contribution in [3.8, 4) is 0 Å². The van der Waals surface area contributed by atoms with Gasteiger partial charge in [-0.3, -0.25) is 4.79 Å². The Bertz CT molecular complexity index is 616. The fourth-order valence-electron chi connectivity index (χ4n) is 1.60. The summed E-state index contributed by atoms with van der Waals surface area (Å²) in [5.74, 6) is -0.0996. The van der Waals surface area contributed by atoms with Gasteiger partial charge in [-0.2, -0.15) is 0 Å². The zero-order chi connectivity index (χ0) is 13.8. The second-order valence-corrected chi connectivity index (χ2v) is 6.55. The van der Waals surface area contributed by atoms with Gasteiger partial charge in [-0.15, -0.1) is 0 Å². The highest BCUT2D eigenvalue weighted by Gasteiger charge is 2.10. The lowest BCUT2D eigenvalue weighted by molar-refractivity contribution is 0.102. The Hall–Kier alpha value is -0.400. The number of anilines is 1. The van der Waals surface area contributed by atoms with Gasteiger partial charge in [-0.05, 0) is 58.5 Å². The molecule has 0 spiro atoms. The Morgan fingerprint density at radius 3 is 2.74 bits per heavy atom. The van der Waals surface area contributed by atoms with Crippen molar-refractivity contribution in [3.05, 3.63) is 61.6 Å². The van der Waals surface area contributed by atoms with Crippen LogP contribution in [0.1, 0.15) is 15.9 Å². The lowest BCUT2D eigenvalue weighted by atomic mass is 10.2. The molecule has 0 aliphatic carbocycles. The summed E-state index contributed by atoms with van der Waals surface area (Å²) in [6, 6.07) is 13.4. The third-order valence-electron chi connectivity index (χ3n) is 2.51. The van der Waals surface area contributed by atoms with Gasteiger partial charge in [0.25, 0.3) is 5.91 Å². The van der Waals surface area contributed by atoms with Gasteiger partial charge >= 0.3 is 0 Å². The third kappa shape index (κ3) is 4.03. The van der Waals surface area contributed by atoms with Crippen LogP contribution in [0, 0.1) is 3.57 Å². The van der Waals surface area contributed by atoms with E-state index in [2.05, 4.69) is 59.8 Å². The van der Waals surface area contributed by atoms with Crippen LogP contribution in [0.25, 0.3) is 0 Å². The van der Waals surface area contributed by atoms with Gasteiger partial charge in [0, 0.05) is 19.1 Å². The van der Waals surface area contributed by atoms with Crippen molar-refractivity contribution in [1.82, 2.24) is 0 Å². The molecule has 98 valence electrons. The monoisotopic (exact) mass is 493 g/mol. The number of hydrogen-bond donors (Lipinski definition) is 1. The number of rotatable bonds is 3. The van der Waals surface area contributed by atoms with E-state index in [9.17, 15) is 4.79 Å². The van der Waals surface area contributed by atoms with Crippen molar-refractivity contribution in [2.75, 3.05) is 5.32 Å². The molecule has 0 atom stereocenters. The summed E-state index contributed by atoms with van der Waals surface area (Å²) >= 11 is 8.95. The molecule has 19 heavy (non-hydrogen) atoms. The first-order chi connectivity index (χ1) is 9.10. The third-order valence-corrected chi connectivity index (χ3v) is 4.59. The van der Waals surface area contributed by atoms with Crippen LogP contribution < -0.4 is 5.32 Å². The summed E-state index contributed by atoms with van der Waals surface area (Å²) in [4.78, 5) is 12.2. The maximum atomic E-state index is 12.2. The molecule has 2 aromatic carbocycles. The maximum absolute atomic E-state index is 12.2. The average Bonchev–Trinajstić information content (AvgIpc) is 2.41. The van der Waals surface area contributed by atoms with E-state index in [-0.39, 0.29) is 5.91 Å². The molecule has 5 heteroatoms. The molecular formula is C14H10Br2INO. The molecule has 0 bridgehead atoms. The van der Waals surface area contributed by atoms with Crippen LogP contribution in [0.4, 0.5) is 5.69 Å². The molecule has 2 rings (SSSR count). The number of benzene rings is 2. The Kier molecular flexibility index (Phi) is 5.41. The summed E-state index contributed by atoms with van der Waals surface area (Å²) in [7, 11) is 0. The van der Waals surface area contributed by atoms with Crippen LogP contribution in [-0.4, -0.2) is 5.91 Å². The first-order valence-corrected chi connectivity index (χ1v) is 8.51. The van der Waals surface area contributed by atoms with Gasteiger partial charge in [0.15, 0.2) is 0 Å². The molecule has 0 aromatic heterocycles. The zero-order valence-electron chi connectivity index (χ0n) is 9.79. The minimum absolute atomic E-state index is 0.0996. The number of hydrogen-bond acceptors (Lipinski definition) is 1. The predicted molar refractivity (Wildman–Crippen MR) is 93.9 cm³/mol. The molecule has 0 aliphatic rings. The number of carbonyl (C=O) groups is 1. The largest absolute Gasteiger partial charge is 0.322 e. The highest BCUT2D eigenvalue weighted by Crippen LogP contribution is 2.20. The lowest BCUT2D eigenvalue weighted by Gasteiger charge is -2.08. The highest BCUT2D eigenvalue weighted by molar-refractivity contribution is 14.1. The summed E-state index contributed by atoms with van der Waals surface area (Å²) in [5.41, 5.74) is 2.60. The number of amides is 1. The van der Waals surface area contributed by atoms with E-state index < -0.39 is 0 Å². The SMILES string of the molecule is O=C(Nc1cccc(CBr)c1)c1cc(Br)ccc1I. The fraction of sp³-hybridized carbons (Fsp3) is 0.0714. The van der Waals surface area contributed by atoms with Crippen LogP contribution in [0.3, 0.4) is 0 Å².